The molecule has 0 aliphatic carbocycles. The number of carbonyl (C=O) groups excluding carboxylic acids is 1. The molecule has 1 aromatic carbocycles. The van der Waals surface area contributed by atoms with Crippen LogP contribution in [0, 0.1) is 17.8 Å². The highest BCUT2D eigenvalue weighted by molar-refractivity contribution is 5.94. The zero-order valence-corrected chi connectivity index (χ0v) is 18.0. The standard InChI is InChI=1S/C23H32N2O6/c1-31-20-4-2-16(3-5-20)22(28)25-13-9-18(14-21(26)27)19(15-25)8-12-24-10-6-17(7-11-24)23(29)30/h2-5,17-19H,6-15H2,1H3,(H,26,27)(H,29,30)/t18-,19-/m0/s1. The van der Waals surface area contributed by atoms with Crippen LogP contribution in [-0.2, 0) is 9.59 Å². The van der Waals surface area contributed by atoms with Crippen LogP contribution in [0.15, 0.2) is 24.3 Å². The lowest BCUT2D eigenvalue weighted by molar-refractivity contribution is -0.143. The molecule has 0 radical (unpaired) electrons. The van der Waals surface area contributed by atoms with Crippen molar-refractivity contribution in [2.45, 2.75) is 32.1 Å². The Labute approximate surface area is 182 Å². The van der Waals surface area contributed by atoms with E-state index in [9.17, 15) is 19.5 Å². The number of hydrogen-bond acceptors (Lipinski definition) is 5. The van der Waals surface area contributed by atoms with E-state index in [0.29, 0.717) is 43.7 Å². The van der Waals surface area contributed by atoms with Crippen LogP contribution >= 0.6 is 0 Å². The van der Waals surface area contributed by atoms with Gasteiger partial charge in [0.25, 0.3) is 5.91 Å². The Hall–Kier alpha value is -2.61. The van der Waals surface area contributed by atoms with Crippen LogP contribution in [0.4, 0.5) is 0 Å². The zero-order valence-electron chi connectivity index (χ0n) is 18.0. The lowest BCUT2D eigenvalue weighted by Crippen LogP contribution is -2.46. The number of carboxylic acids is 2. The van der Waals surface area contributed by atoms with E-state index < -0.39 is 11.9 Å². The Balaban J connectivity index is 1.60. The van der Waals surface area contributed by atoms with Crippen LogP contribution in [0.1, 0.15) is 42.5 Å². The fraction of sp³-hybridized carbons (Fsp3) is 0.609. The van der Waals surface area contributed by atoms with E-state index in [1.165, 1.54) is 0 Å². The molecule has 2 atom stereocenters. The van der Waals surface area contributed by atoms with Crippen molar-refractivity contribution in [3.8, 4) is 5.75 Å². The number of rotatable bonds is 8. The lowest BCUT2D eigenvalue weighted by Gasteiger charge is -2.39. The first-order chi connectivity index (χ1) is 14.9. The molecule has 0 aromatic heterocycles. The average molecular weight is 433 g/mol. The molecule has 0 bridgehead atoms. The van der Waals surface area contributed by atoms with E-state index in [2.05, 4.69) is 4.90 Å². The van der Waals surface area contributed by atoms with E-state index in [1.54, 1.807) is 31.4 Å². The highest BCUT2D eigenvalue weighted by Crippen LogP contribution is 2.31. The maximum absolute atomic E-state index is 13.0. The van der Waals surface area contributed by atoms with Gasteiger partial charge in [0.1, 0.15) is 5.75 Å². The number of nitrogens with zero attached hydrogens (tertiary/aromatic N) is 2. The fourth-order valence-corrected chi connectivity index (χ4v) is 4.75. The van der Waals surface area contributed by atoms with Crippen LogP contribution in [0.3, 0.4) is 0 Å². The Kier molecular flexibility index (Phi) is 7.90. The maximum Gasteiger partial charge on any atom is 0.306 e. The summed E-state index contributed by atoms with van der Waals surface area (Å²) in [7, 11) is 1.58. The molecule has 0 spiro atoms. The molecule has 0 saturated carbocycles. The Morgan fingerprint density at radius 1 is 1.00 bits per heavy atom. The third-order valence-electron chi connectivity index (χ3n) is 6.71. The van der Waals surface area contributed by atoms with Crippen molar-refractivity contribution >= 4 is 17.8 Å². The summed E-state index contributed by atoms with van der Waals surface area (Å²) in [4.78, 5) is 39.6. The molecule has 3 rings (SSSR count). The van der Waals surface area contributed by atoms with Crippen molar-refractivity contribution in [1.29, 1.82) is 0 Å². The van der Waals surface area contributed by atoms with Crippen molar-refractivity contribution in [3.05, 3.63) is 29.8 Å². The van der Waals surface area contributed by atoms with Gasteiger partial charge >= 0.3 is 11.9 Å². The Morgan fingerprint density at radius 3 is 2.26 bits per heavy atom. The van der Waals surface area contributed by atoms with Crippen molar-refractivity contribution in [2.75, 3.05) is 39.8 Å². The topological polar surface area (TPSA) is 107 Å². The van der Waals surface area contributed by atoms with Gasteiger partial charge in [0.05, 0.1) is 13.0 Å². The summed E-state index contributed by atoms with van der Waals surface area (Å²) in [6, 6.07) is 7.05. The number of hydrogen-bond donors (Lipinski definition) is 2. The molecule has 2 aliphatic heterocycles. The van der Waals surface area contributed by atoms with Crippen molar-refractivity contribution in [2.24, 2.45) is 17.8 Å². The number of methoxy groups -OCH3 is 1. The van der Waals surface area contributed by atoms with E-state index in [1.807, 2.05) is 4.90 Å². The van der Waals surface area contributed by atoms with Gasteiger partial charge in [-0.1, -0.05) is 0 Å². The van der Waals surface area contributed by atoms with Gasteiger partial charge in [0.15, 0.2) is 0 Å². The van der Waals surface area contributed by atoms with E-state index in [-0.39, 0.29) is 30.1 Å². The van der Waals surface area contributed by atoms with E-state index in [4.69, 9.17) is 9.84 Å². The number of likely N-dealkylation sites (tertiary alicyclic amines) is 2. The first-order valence-electron chi connectivity index (χ1n) is 11.0. The zero-order chi connectivity index (χ0) is 22.4. The Morgan fingerprint density at radius 2 is 1.68 bits per heavy atom. The van der Waals surface area contributed by atoms with Crippen LogP contribution in [-0.4, -0.2) is 77.7 Å². The molecule has 0 unspecified atom stereocenters. The molecule has 170 valence electrons. The van der Waals surface area contributed by atoms with Crippen LogP contribution < -0.4 is 4.74 Å². The van der Waals surface area contributed by atoms with E-state index in [0.717, 1.165) is 26.1 Å². The van der Waals surface area contributed by atoms with Crippen molar-refractivity contribution in [3.63, 3.8) is 0 Å². The second-order valence-corrected chi connectivity index (χ2v) is 8.63. The van der Waals surface area contributed by atoms with Crippen LogP contribution in [0.25, 0.3) is 0 Å². The fourth-order valence-electron chi connectivity index (χ4n) is 4.75. The predicted molar refractivity (Wildman–Crippen MR) is 114 cm³/mol. The summed E-state index contributed by atoms with van der Waals surface area (Å²) in [6.07, 6.45) is 2.92. The van der Waals surface area contributed by atoms with E-state index >= 15 is 0 Å². The molecule has 2 N–H and O–H groups in total. The van der Waals surface area contributed by atoms with Gasteiger partial charge in [-0.15, -0.1) is 0 Å². The molecular weight excluding hydrogens is 400 g/mol. The van der Waals surface area contributed by atoms with Gasteiger partial charge in [-0.2, -0.15) is 0 Å². The minimum Gasteiger partial charge on any atom is -0.497 e. The molecule has 8 heteroatoms. The maximum atomic E-state index is 13.0. The summed E-state index contributed by atoms with van der Waals surface area (Å²) < 4.78 is 5.15. The summed E-state index contributed by atoms with van der Waals surface area (Å²) in [5.41, 5.74) is 0.604. The summed E-state index contributed by atoms with van der Waals surface area (Å²) in [5, 5.41) is 18.5. The Bertz CT molecular complexity index is 773. The average Bonchev–Trinajstić information content (AvgIpc) is 2.78. The highest BCUT2D eigenvalue weighted by atomic mass is 16.5. The number of aliphatic carboxylic acids is 2. The molecule has 8 nitrogen and oxygen atoms in total. The quantitative estimate of drug-likeness (QED) is 0.650. The molecule has 2 fully saturated rings. The predicted octanol–water partition coefficient (Wildman–Crippen LogP) is 2.43. The SMILES string of the molecule is COc1ccc(C(=O)N2CC[C@@H](CC(=O)O)[C@@H](CCN3CCC(C(=O)O)CC3)C2)cc1. The second kappa shape index (κ2) is 10.6. The summed E-state index contributed by atoms with van der Waals surface area (Å²) >= 11 is 0. The van der Waals surface area contributed by atoms with Crippen LogP contribution in [0.5, 0.6) is 5.75 Å². The van der Waals surface area contributed by atoms with Gasteiger partial charge in [-0.05, 0) is 81.4 Å². The monoisotopic (exact) mass is 432 g/mol. The molecule has 1 amide bonds. The number of carboxylic acid groups (broad SMARTS) is 2. The molecular formula is C23H32N2O6. The molecule has 31 heavy (non-hydrogen) atoms. The number of piperidine rings is 2. The van der Waals surface area contributed by atoms with Gasteiger partial charge in [0, 0.05) is 25.1 Å². The second-order valence-electron chi connectivity index (χ2n) is 8.63. The number of ether oxygens (including phenoxy) is 1. The largest absolute Gasteiger partial charge is 0.497 e. The smallest absolute Gasteiger partial charge is 0.306 e. The van der Waals surface area contributed by atoms with Crippen molar-refractivity contribution in [1.82, 2.24) is 9.80 Å². The third-order valence-corrected chi connectivity index (χ3v) is 6.71. The van der Waals surface area contributed by atoms with Gasteiger partial charge in [-0.25, -0.2) is 0 Å². The van der Waals surface area contributed by atoms with Gasteiger partial charge in [-0.3, -0.25) is 14.4 Å². The first-order valence-corrected chi connectivity index (χ1v) is 11.0. The van der Waals surface area contributed by atoms with Gasteiger partial charge in [0.2, 0.25) is 0 Å². The molecule has 1 aromatic rings. The normalized spacial score (nSPS) is 22.8. The minimum atomic E-state index is -0.799. The minimum absolute atomic E-state index is 0.0382. The molecule has 2 saturated heterocycles. The molecule has 2 aliphatic rings. The number of benzene rings is 1. The number of amides is 1. The number of carbonyl (C=O) groups is 3. The molecule has 2 heterocycles. The van der Waals surface area contributed by atoms with Crippen LogP contribution in [0.2, 0.25) is 0 Å². The third kappa shape index (κ3) is 6.19. The highest BCUT2D eigenvalue weighted by Gasteiger charge is 2.34. The summed E-state index contributed by atoms with van der Waals surface area (Å²) in [5.74, 6) is -0.958. The van der Waals surface area contributed by atoms with Crippen molar-refractivity contribution < 1.29 is 29.3 Å². The van der Waals surface area contributed by atoms with Gasteiger partial charge < -0.3 is 24.7 Å². The summed E-state index contributed by atoms with van der Waals surface area (Å²) in [6.45, 7) is 3.42. The lowest BCUT2D eigenvalue weighted by atomic mass is 9.80. The first kappa shape index (κ1) is 23.1.